The Morgan fingerprint density at radius 2 is 1.62 bits per heavy atom. The van der Waals surface area contributed by atoms with E-state index in [0.29, 0.717) is 29.8 Å². The first-order chi connectivity index (χ1) is 18.2. The van der Waals surface area contributed by atoms with Crippen molar-refractivity contribution in [3.63, 3.8) is 0 Å². The zero-order chi connectivity index (χ0) is 27.4. The molecule has 208 valence electrons. The molecule has 1 saturated heterocycles. The van der Waals surface area contributed by atoms with E-state index in [0.717, 1.165) is 13.1 Å². The molecule has 2 atom stereocenters. The highest BCUT2D eigenvalue weighted by atomic mass is 35.5. The molecule has 2 aliphatic rings. The highest BCUT2D eigenvalue weighted by Gasteiger charge is 2.39. The molecule has 39 heavy (non-hydrogen) atoms. The molecule has 0 amide bonds. The number of nitrogens with one attached hydrogen (secondary N) is 1. The van der Waals surface area contributed by atoms with Crippen LogP contribution in [-0.4, -0.2) is 48.1 Å². The predicted octanol–water partition coefficient (Wildman–Crippen LogP) is 5.19. The molecule has 0 spiro atoms. The van der Waals surface area contributed by atoms with Gasteiger partial charge in [-0.3, -0.25) is 15.0 Å². The molecule has 10 heteroatoms. The number of nitro benzene ring substituents is 1. The second-order valence-corrected chi connectivity index (χ2v) is 9.71. The van der Waals surface area contributed by atoms with Gasteiger partial charge < -0.3 is 14.8 Å². The van der Waals surface area contributed by atoms with E-state index >= 15 is 0 Å². The van der Waals surface area contributed by atoms with Crippen molar-refractivity contribution in [2.24, 2.45) is 0 Å². The van der Waals surface area contributed by atoms with Crippen molar-refractivity contribution in [2.45, 2.75) is 51.7 Å². The number of nitro groups is 1. The maximum absolute atomic E-state index is 13.6. The summed E-state index contributed by atoms with van der Waals surface area (Å²) < 4.78 is 11.0. The van der Waals surface area contributed by atoms with E-state index in [2.05, 4.69) is 29.3 Å². The zero-order valence-electron chi connectivity index (χ0n) is 22.5. The summed E-state index contributed by atoms with van der Waals surface area (Å²) in [6.07, 6.45) is 1.09. The molecule has 0 radical (unpaired) electrons. The summed E-state index contributed by atoms with van der Waals surface area (Å²) in [5.74, 6) is -2.03. The third kappa shape index (κ3) is 6.49. The maximum Gasteiger partial charge on any atom is 0.337 e. The lowest BCUT2D eigenvalue weighted by molar-refractivity contribution is -0.384. The summed E-state index contributed by atoms with van der Waals surface area (Å²) >= 11 is 0. The molecule has 9 nitrogen and oxygen atoms in total. The Balaban J connectivity index is 0.00000420. The third-order valence-corrected chi connectivity index (χ3v) is 7.38. The third-order valence-electron chi connectivity index (χ3n) is 7.38. The van der Waals surface area contributed by atoms with Crippen LogP contribution in [0, 0.1) is 10.1 Å². The molecule has 1 fully saturated rings. The highest BCUT2D eigenvalue weighted by Crippen LogP contribution is 2.40. The van der Waals surface area contributed by atoms with Gasteiger partial charge in [-0.25, -0.2) is 9.59 Å². The fourth-order valence-corrected chi connectivity index (χ4v) is 5.33. The first-order valence-corrected chi connectivity index (χ1v) is 12.7. The topological polar surface area (TPSA) is 111 Å². The highest BCUT2D eigenvalue weighted by molar-refractivity contribution is 6.00. The Morgan fingerprint density at radius 3 is 2.21 bits per heavy atom. The van der Waals surface area contributed by atoms with Crippen molar-refractivity contribution in [2.75, 3.05) is 20.2 Å². The van der Waals surface area contributed by atoms with Gasteiger partial charge >= 0.3 is 11.9 Å². The van der Waals surface area contributed by atoms with Crippen LogP contribution < -0.4 is 5.32 Å². The number of hydrogen-bond donors (Lipinski definition) is 1. The summed E-state index contributed by atoms with van der Waals surface area (Å²) in [6, 6.07) is 16.5. The standard InChI is InChI=1S/C29H33N3O6.ClH/c1-18-25(28(33)37-4)27(22-11-8-12-23(17-22)32(35)36)26(19(2)30-18)29(34)38-24-13-15-31(16-14-24)20(3)21-9-6-5-7-10-21;/h5-12,17,20,24,27,30H,13-16H2,1-4H3;1H. The van der Waals surface area contributed by atoms with Crippen LogP contribution in [0.4, 0.5) is 5.69 Å². The van der Waals surface area contributed by atoms with Crippen molar-refractivity contribution in [1.82, 2.24) is 10.2 Å². The van der Waals surface area contributed by atoms with Gasteiger partial charge in [-0.1, -0.05) is 42.5 Å². The Bertz CT molecular complexity index is 1280. The molecule has 2 heterocycles. The van der Waals surface area contributed by atoms with Gasteiger partial charge in [0.15, 0.2) is 0 Å². The van der Waals surface area contributed by atoms with Crippen LogP contribution in [0.25, 0.3) is 0 Å². The summed E-state index contributed by atoms with van der Waals surface area (Å²) in [4.78, 5) is 39.8. The maximum atomic E-state index is 13.6. The van der Waals surface area contributed by atoms with Gasteiger partial charge in [0, 0.05) is 42.7 Å². The normalized spacial score (nSPS) is 19.0. The average molecular weight is 556 g/mol. The average Bonchev–Trinajstić information content (AvgIpc) is 2.92. The number of halogens is 1. The lowest BCUT2D eigenvalue weighted by Crippen LogP contribution is -2.40. The quantitative estimate of drug-likeness (QED) is 0.282. The minimum absolute atomic E-state index is 0. The Hall–Kier alpha value is -3.69. The number of ether oxygens (including phenoxy) is 2. The number of carbonyl (C=O) groups is 2. The van der Waals surface area contributed by atoms with Gasteiger partial charge in [-0.2, -0.15) is 0 Å². The Kier molecular flexibility index (Phi) is 9.88. The van der Waals surface area contributed by atoms with Gasteiger partial charge in [0.2, 0.25) is 0 Å². The molecule has 4 rings (SSSR count). The van der Waals surface area contributed by atoms with Crippen LogP contribution >= 0.6 is 12.4 Å². The molecule has 0 aromatic heterocycles. The lowest BCUT2D eigenvalue weighted by atomic mass is 9.80. The number of rotatable bonds is 7. The largest absolute Gasteiger partial charge is 0.466 e. The van der Waals surface area contributed by atoms with Gasteiger partial charge in [-0.05, 0) is 44.7 Å². The number of benzene rings is 2. The van der Waals surface area contributed by atoms with Crippen molar-refractivity contribution in [3.05, 3.63) is 98.4 Å². The minimum atomic E-state index is -0.866. The van der Waals surface area contributed by atoms with Crippen LogP contribution in [-0.2, 0) is 19.1 Å². The van der Waals surface area contributed by atoms with Crippen molar-refractivity contribution in [3.8, 4) is 0 Å². The first kappa shape index (κ1) is 29.9. The molecular weight excluding hydrogens is 522 g/mol. The number of allylic oxidation sites excluding steroid dienone is 2. The van der Waals surface area contributed by atoms with Gasteiger partial charge in [0.25, 0.3) is 5.69 Å². The second kappa shape index (κ2) is 12.9. The molecule has 2 aromatic carbocycles. The number of non-ortho nitro benzene ring substituents is 1. The van der Waals surface area contributed by atoms with E-state index in [9.17, 15) is 19.7 Å². The molecule has 2 aromatic rings. The molecular formula is C29H34ClN3O6. The molecule has 0 saturated carbocycles. The Labute approximate surface area is 234 Å². The van der Waals surface area contributed by atoms with Crippen LogP contribution in [0.3, 0.4) is 0 Å². The van der Waals surface area contributed by atoms with Crippen LogP contribution in [0.1, 0.15) is 56.7 Å². The number of dihydropyridines is 1. The number of piperidine rings is 1. The van der Waals surface area contributed by atoms with E-state index in [1.165, 1.54) is 24.8 Å². The fourth-order valence-electron chi connectivity index (χ4n) is 5.33. The second-order valence-electron chi connectivity index (χ2n) is 9.71. The smallest absolute Gasteiger partial charge is 0.337 e. The van der Waals surface area contributed by atoms with E-state index in [1.54, 1.807) is 26.0 Å². The summed E-state index contributed by atoms with van der Waals surface area (Å²) in [5.41, 5.74) is 3.08. The van der Waals surface area contributed by atoms with Crippen LogP contribution in [0.2, 0.25) is 0 Å². The zero-order valence-corrected chi connectivity index (χ0v) is 23.3. The van der Waals surface area contributed by atoms with Crippen molar-refractivity contribution < 1.29 is 24.0 Å². The SMILES string of the molecule is COC(=O)C1=C(C)NC(C)=C(C(=O)OC2CCN(C(C)c3ccccc3)CC2)C1c1cccc([N+](=O)[O-])c1.Cl. The van der Waals surface area contributed by atoms with Gasteiger partial charge in [0.1, 0.15) is 6.10 Å². The molecule has 2 aliphatic heterocycles. The van der Waals surface area contributed by atoms with E-state index in [4.69, 9.17) is 9.47 Å². The van der Waals surface area contributed by atoms with Crippen molar-refractivity contribution >= 4 is 30.0 Å². The number of carbonyl (C=O) groups excluding carboxylic acids is 2. The molecule has 0 bridgehead atoms. The van der Waals surface area contributed by atoms with Gasteiger partial charge in [-0.15, -0.1) is 12.4 Å². The minimum Gasteiger partial charge on any atom is -0.466 e. The monoisotopic (exact) mass is 555 g/mol. The molecule has 2 unspecified atom stereocenters. The number of methoxy groups -OCH3 is 1. The van der Waals surface area contributed by atoms with E-state index in [1.807, 2.05) is 18.2 Å². The number of esters is 2. The summed E-state index contributed by atoms with van der Waals surface area (Å²) in [6.45, 7) is 7.20. The van der Waals surface area contributed by atoms with Crippen LogP contribution in [0.5, 0.6) is 0 Å². The number of likely N-dealkylation sites (tertiary alicyclic amines) is 1. The number of hydrogen-bond acceptors (Lipinski definition) is 8. The van der Waals surface area contributed by atoms with Gasteiger partial charge in [0.05, 0.1) is 29.1 Å². The van der Waals surface area contributed by atoms with Crippen molar-refractivity contribution in [1.29, 1.82) is 0 Å². The van der Waals surface area contributed by atoms with Crippen LogP contribution in [0.15, 0.2) is 77.1 Å². The fraction of sp³-hybridized carbons (Fsp3) is 0.379. The Morgan fingerprint density at radius 1 is 1.00 bits per heavy atom. The molecule has 0 aliphatic carbocycles. The number of nitrogens with zero attached hydrogens (tertiary/aromatic N) is 2. The lowest BCUT2D eigenvalue weighted by Gasteiger charge is -2.36. The van der Waals surface area contributed by atoms with E-state index in [-0.39, 0.29) is 41.4 Å². The summed E-state index contributed by atoms with van der Waals surface area (Å²) in [7, 11) is 1.26. The predicted molar refractivity (Wildman–Crippen MR) is 149 cm³/mol. The summed E-state index contributed by atoms with van der Waals surface area (Å²) in [5, 5.41) is 14.6. The van der Waals surface area contributed by atoms with E-state index < -0.39 is 22.8 Å². The molecule has 1 N–H and O–H groups in total. The first-order valence-electron chi connectivity index (χ1n) is 12.7.